The van der Waals surface area contributed by atoms with Gasteiger partial charge in [0, 0.05) is 6.42 Å². The van der Waals surface area contributed by atoms with Crippen LogP contribution in [0, 0.1) is 5.92 Å². The zero-order valence-corrected chi connectivity index (χ0v) is 10.6. The van der Waals surface area contributed by atoms with Crippen LogP contribution >= 0.6 is 0 Å². The lowest BCUT2D eigenvalue weighted by Crippen LogP contribution is -2.28. The summed E-state index contributed by atoms with van der Waals surface area (Å²) in [5.41, 5.74) is 0. The minimum absolute atomic E-state index is 0.0208. The van der Waals surface area contributed by atoms with Gasteiger partial charge in [-0.05, 0) is 24.5 Å². The van der Waals surface area contributed by atoms with Crippen LogP contribution in [-0.2, 0) is 4.79 Å². The molecule has 18 heavy (non-hydrogen) atoms. The third-order valence-electron chi connectivity index (χ3n) is 3.62. The molecule has 2 rings (SSSR count). The van der Waals surface area contributed by atoms with Crippen LogP contribution in [0.3, 0.4) is 0 Å². The first-order chi connectivity index (χ1) is 8.75. The number of rotatable bonds is 6. The molecule has 1 unspecified atom stereocenters. The van der Waals surface area contributed by atoms with Gasteiger partial charge in [-0.2, -0.15) is 0 Å². The summed E-state index contributed by atoms with van der Waals surface area (Å²) in [7, 11) is 0. The topological polar surface area (TPSA) is 62.5 Å². The van der Waals surface area contributed by atoms with E-state index in [0.717, 1.165) is 12.3 Å². The highest BCUT2D eigenvalue weighted by Gasteiger charge is 2.17. The molecule has 1 fully saturated rings. The fourth-order valence-electron chi connectivity index (χ4n) is 2.51. The Morgan fingerprint density at radius 2 is 2.28 bits per heavy atom. The van der Waals surface area contributed by atoms with Crippen molar-refractivity contribution >= 4 is 5.91 Å². The number of aliphatic hydroxyl groups is 1. The molecule has 1 heterocycles. The van der Waals surface area contributed by atoms with Crippen molar-refractivity contribution in [1.82, 2.24) is 5.32 Å². The molecular weight excluding hydrogens is 230 g/mol. The van der Waals surface area contributed by atoms with E-state index in [1.54, 1.807) is 12.1 Å². The van der Waals surface area contributed by atoms with Crippen molar-refractivity contribution in [3.05, 3.63) is 24.2 Å². The zero-order chi connectivity index (χ0) is 12.8. The van der Waals surface area contributed by atoms with Crippen molar-refractivity contribution in [3.8, 4) is 0 Å². The Morgan fingerprint density at radius 3 is 2.94 bits per heavy atom. The lowest BCUT2D eigenvalue weighted by atomic mass is 10.0. The first-order valence-electron chi connectivity index (χ1n) is 6.74. The van der Waals surface area contributed by atoms with E-state index < -0.39 is 6.10 Å². The summed E-state index contributed by atoms with van der Waals surface area (Å²) >= 11 is 0. The molecule has 0 saturated heterocycles. The minimum Gasteiger partial charge on any atom is -0.467 e. The zero-order valence-electron chi connectivity index (χ0n) is 10.6. The highest BCUT2D eigenvalue weighted by molar-refractivity contribution is 5.75. The number of hydrogen-bond acceptors (Lipinski definition) is 3. The summed E-state index contributed by atoms with van der Waals surface area (Å²) in [6.07, 6.45) is 7.45. The predicted molar refractivity (Wildman–Crippen MR) is 67.9 cm³/mol. The van der Waals surface area contributed by atoms with Gasteiger partial charge in [-0.1, -0.05) is 25.7 Å². The maximum Gasteiger partial charge on any atom is 0.220 e. The van der Waals surface area contributed by atoms with Gasteiger partial charge in [-0.15, -0.1) is 0 Å². The smallest absolute Gasteiger partial charge is 0.220 e. The Hall–Kier alpha value is -1.29. The monoisotopic (exact) mass is 251 g/mol. The second kappa shape index (κ2) is 6.59. The van der Waals surface area contributed by atoms with Crippen LogP contribution in [0.1, 0.15) is 50.4 Å². The van der Waals surface area contributed by atoms with Gasteiger partial charge < -0.3 is 14.8 Å². The Labute approximate surface area is 107 Å². The van der Waals surface area contributed by atoms with Crippen molar-refractivity contribution in [2.24, 2.45) is 5.92 Å². The fraction of sp³-hybridized carbons (Fsp3) is 0.643. The highest BCUT2D eigenvalue weighted by Crippen LogP contribution is 2.28. The Morgan fingerprint density at radius 1 is 1.50 bits per heavy atom. The van der Waals surface area contributed by atoms with Gasteiger partial charge in [-0.3, -0.25) is 4.79 Å². The number of carbonyl (C=O) groups is 1. The maximum atomic E-state index is 11.6. The fourth-order valence-corrected chi connectivity index (χ4v) is 2.51. The molecular formula is C14H21NO3. The summed E-state index contributed by atoms with van der Waals surface area (Å²) in [5.74, 6) is 1.24. The summed E-state index contributed by atoms with van der Waals surface area (Å²) in [6, 6.07) is 3.43. The molecule has 1 amide bonds. The van der Waals surface area contributed by atoms with E-state index in [4.69, 9.17) is 4.42 Å². The van der Waals surface area contributed by atoms with Crippen molar-refractivity contribution in [1.29, 1.82) is 0 Å². The molecule has 0 spiro atoms. The largest absolute Gasteiger partial charge is 0.467 e. The number of amides is 1. The van der Waals surface area contributed by atoms with E-state index in [1.807, 2.05) is 0 Å². The maximum absolute atomic E-state index is 11.6. The van der Waals surface area contributed by atoms with Crippen LogP contribution in [0.2, 0.25) is 0 Å². The number of nitrogens with one attached hydrogen (secondary N) is 1. The minimum atomic E-state index is -0.754. The average Bonchev–Trinajstić information content (AvgIpc) is 3.05. The molecule has 4 heteroatoms. The molecule has 1 atom stereocenters. The third kappa shape index (κ3) is 3.88. The predicted octanol–water partition coefficient (Wildman–Crippen LogP) is 2.40. The molecule has 1 aliphatic rings. The van der Waals surface area contributed by atoms with Crippen molar-refractivity contribution in [2.45, 2.75) is 44.6 Å². The van der Waals surface area contributed by atoms with Crippen LogP contribution in [0.4, 0.5) is 0 Å². The summed E-state index contributed by atoms with van der Waals surface area (Å²) in [5, 5.41) is 12.5. The highest BCUT2D eigenvalue weighted by atomic mass is 16.4. The molecule has 0 radical (unpaired) electrons. The number of carbonyl (C=O) groups excluding carboxylic acids is 1. The number of aliphatic hydroxyl groups excluding tert-OH is 1. The van der Waals surface area contributed by atoms with E-state index in [0.29, 0.717) is 12.2 Å². The van der Waals surface area contributed by atoms with Crippen molar-refractivity contribution < 1.29 is 14.3 Å². The average molecular weight is 251 g/mol. The normalized spacial score (nSPS) is 17.8. The first kappa shape index (κ1) is 13.1. The molecule has 4 nitrogen and oxygen atoms in total. The number of hydrogen-bond donors (Lipinski definition) is 2. The van der Waals surface area contributed by atoms with Crippen LogP contribution in [0.5, 0.6) is 0 Å². The summed E-state index contributed by atoms with van der Waals surface area (Å²) < 4.78 is 5.07. The second-order valence-corrected chi connectivity index (χ2v) is 5.02. The quantitative estimate of drug-likeness (QED) is 0.816. The van der Waals surface area contributed by atoms with E-state index in [1.165, 1.54) is 31.9 Å². The van der Waals surface area contributed by atoms with Gasteiger partial charge in [0.2, 0.25) is 5.91 Å². The summed E-state index contributed by atoms with van der Waals surface area (Å²) in [6.45, 7) is 0.219. The van der Waals surface area contributed by atoms with Gasteiger partial charge in [0.05, 0.1) is 12.8 Å². The Kier molecular flexibility index (Phi) is 4.81. The van der Waals surface area contributed by atoms with Gasteiger partial charge in [0.1, 0.15) is 11.9 Å². The van der Waals surface area contributed by atoms with E-state index in [9.17, 15) is 9.90 Å². The summed E-state index contributed by atoms with van der Waals surface area (Å²) in [4.78, 5) is 11.6. The first-order valence-corrected chi connectivity index (χ1v) is 6.74. The van der Waals surface area contributed by atoms with Crippen LogP contribution in [-0.4, -0.2) is 17.6 Å². The standard InChI is InChI=1S/C14H21NO3/c16-12(13-6-3-9-18-13)10-15-14(17)8-7-11-4-1-2-5-11/h3,6,9,11-12,16H,1-2,4-5,7-8,10H2,(H,15,17). The molecule has 1 aliphatic carbocycles. The number of furan rings is 1. The lowest BCUT2D eigenvalue weighted by Gasteiger charge is -2.11. The second-order valence-electron chi connectivity index (χ2n) is 5.02. The molecule has 1 aromatic rings. The van der Waals surface area contributed by atoms with Crippen molar-refractivity contribution in [3.63, 3.8) is 0 Å². The van der Waals surface area contributed by atoms with E-state index in [-0.39, 0.29) is 12.5 Å². The van der Waals surface area contributed by atoms with Gasteiger partial charge in [-0.25, -0.2) is 0 Å². The van der Waals surface area contributed by atoms with E-state index in [2.05, 4.69) is 5.32 Å². The molecule has 0 bridgehead atoms. The lowest BCUT2D eigenvalue weighted by molar-refractivity contribution is -0.121. The van der Waals surface area contributed by atoms with Crippen LogP contribution in [0.25, 0.3) is 0 Å². The van der Waals surface area contributed by atoms with Crippen LogP contribution in [0.15, 0.2) is 22.8 Å². The van der Waals surface area contributed by atoms with E-state index >= 15 is 0 Å². The molecule has 100 valence electrons. The molecule has 1 aromatic heterocycles. The SMILES string of the molecule is O=C(CCC1CCCC1)NCC(O)c1ccco1. The van der Waals surface area contributed by atoms with Crippen LogP contribution < -0.4 is 5.32 Å². The molecule has 0 aromatic carbocycles. The molecule has 1 saturated carbocycles. The molecule has 0 aliphatic heterocycles. The van der Waals surface area contributed by atoms with Crippen molar-refractivity contribution in [2.75, 3.05) is 6.54 Å². The van der Waals surface area contributed by atoms with Gasteiger partial charge in [0.25, 0.3) is 0 Å². The molecule has 2 N–H and O–H groups in total. The Bertz CT molecular complexity index is 355. The third-order valence-corrected chi connectivity index (χ3v) is 3.62. The Balaban J connectivity index is 1.62. The van der Waals surface area contributed by atoms with Gasteiger partial charge >= 0.3 is 0 Å². The van der Waals surface area contributed by atoms with Gasteiger partial charge in [0.15, 0.2) is 0 Å².